The van der Waals surface area contributed by atoms with Crippen molar-refractivity contribution in [2.75, 3.05) is 26.7 Å². The van der Waals surface area contributed by atoms with Crippen LogP contribution in [-0.4, -0.2) is 42.5 Å². The molecule has 0 radical (unpaired) electrons. The Morgan fingerprint density at radius 1 is 1.12 bits per heavy atom. The summed E-state index contributed by atoms with van der Waals surface area (Å²) in [5.74, 6) is 0.847. The predicted molar refractivity (Wildman–Crippen MR) is 103 cm³/mol. The van der Waals surface area contributed by atoms with Gasteiger partial charge in [-0.25, -0.2) is 0 Å². The SMILES string of the molecule is CC(C)CCCN1CCC(N(C)[C@H]2CCCc3ccccc32)CC1. The molecule has 0 unspecified atom stereocenters. The molecule has 0 N–H and O–H groups in total. The minimum atomic E-state index is 0.646. The Balaban J connectivity index is 1.52. The summed E-state index contributed by atoms with van der Waals surface area (Å²) in [6, 6.07) is 10.6. The zero-order valence-electron chi connectivity index (χ0n) is 16.0. The molecule has 0 aromatic heterocycles. The molecule has 1 heterocycles. The molecule has 1 aliphatic heterocycles. The van der Waals surface area contributed by atoms with Crippen LogP contribution in [0.25, 0.3) is 0 Å². The van der Waals surface area contributed by atoms with Gasteiger partial charge in [0.2, 0.25) is 0 Å². The summed E-state index contributed by atoms with van der Waals surface area (Å²) in [6.07, 6.45) is 9.39. The summed E-state index contributed by atoms with van der Waals surface area (Å²) < 4.78 is 0. The molecule has 0 spiro atoms. The molecule has 0 saturated carbocycles. The lowest BCUT2D eigenvalue weighted by atomic mass is 9.85. The lowest BCUT2D eigenvalue weighted by molar-refractivity contribution is 0.0876. The van der Waals surface area contributed by atoms with Gasteiger partial charge in [-0.3, -0.25) is 4.90 Å². The van der Waals surface area contributed by atoms with Crippen molar-refractivity contribution in [3.8, 4) is 0 Å². The predicted octanol–water partition coefficient (Wildman–Crippen LogP) is 4.90. The molecule has 1 saturated heterocycles. The molecule has 1 aliphatic carbocycles. The van der Waals surface area contributed by atoms with E-state index < -0.39 is 0 Å². The third-order valence-corrected chi connectivity index (χ3v) is 6.22. The van der Waals surface area contributed by atoms with E-state index in [1.807, 2.05) is 0 Å². The van der Waals surface area contributed by atoms with Crippen molar-refractivity contribution in [2.24, 2.45) is 5.92 Å². The highest BCUT2D eigenvalue weighted by Crippen LogP contribution is 2.36. The summed E-state index contributed by atoms with van der Waals surface area (Å²) in [4.78, 5) is 5.41. The van der Waals surface area contributed by atoms with Gasteiger partial charge in [0.05, 0.1) is 0 Å². The molecular weight excluding hydrogens is 292 g/mol. The van der Waals surface area contributed by atoms with Crippen LogP contribution < -0.4 is 0 Å². The number of aryl methyl sites for hydroxylation is 1. The van der Waals surface area contributed by atoms with Crippen molar-refractivity contribution in [1.29, 1.82) is 0 Å². The molecule has 134 valence electrons. The molecule has 2 nitrogen and oxygen atoms in total. The van der Waals surface area contributed by atoms with Crippen LogP contribution >= 0.6 is 0 Å². The highest BCUT2D eigenvalue weighted by Gasteiger charge is 2.30. The summed E-state index contributed by atoms with van der Waals surface area (Å²) in [5, 5.41) is 0. The van der Waals surface area contributed by atoms with Crippen LogP contribution in [0.4, 0.5) is 0 Å². The maximum absolute atomic E-state index is 2.71. The first-order valence-electron chi connectivity index (χ1n) is 10.2. The minimum Gasteiger partial charge on any atom is -0.303 e. The first kappa shape index (κ1) is 17.9. The van der Waals surface area contributed by atoms with Gasteiger partial charge >= 0.3 is 0 Å². The fourth-order valence-electron chi connectivity index (χ4n) is 4.68. The maximum atomic E-state index is 2.71. The van der Waals surface area contributed by atoms with Crippen LogP contribution in [0.3, 0.4) is 0 Å². The first-order chi connectivity index (χ1) is 11.6. The van der Waals surface area contributed by atoms with E-state index in [0.717, 1.165) is 12.0 Å². The zero-order valence-corrected chi connectivity index (χ0v) is 16.0. The summed E-state index contributed by atoms with van der Waals surface area (Å²) >= 11 is 0. The normalized spacial score (nSPS) is 23.0. The standard InChI is InChI=1S/C22H36N2/c1-18(2)8-7-15-24-16-13-20(14-17-24)23(3)22-12-6-10-19-9-4-5-11-21(19)22/h4-5,9,11,18,20,22H,6-8,10,12-17H2,1-3H3/t22-/m0/s1. The van der Waals surface area contributed by atoms with E-state index in [9.17, 15) is 0 Å². The van der Waals surface area contributed by atoms with Crippen molar-refractivity contribution >= 4 is 0 Å². The quantitative estimate of drug-likeness (QED) is 0.733. The number of hydrogen-bond acceptors (Lipinski definition) is 2. The van der Waals surface area contributed by atoms with Crippen molar-refractivity contribution in [1.82, 2.24) is 9.80 Å². The number of piperidine rings is 1. The van der Waals surface area contributed by atoms with Crippen LogP contribution in [0.1, 0.15) is 69.5 Å². The van der Waals surface area contributed by atoms with Gasteiger partial charge < -0.3 is 4.90 Å². The Bertz CT molecular complexity index is 502. The van der Waals surface area contributed by atoms with Crippen LogP contribution in [0.15, 0.2) is 24.3 Å². The smallest absolute Gasteiger partial charge is 0.0350 e. The van der Waals surface area contributed by atoms with Crippen molar-refractivity contribution in [3.05, 3.63) is 35.4 Å². The zero-order chi connectivity index (χ0) is 16.9. The second-order valence-corrected chi connectivity index (χ2v) is 8.38. The van der Waals surface area contributed by atoms with Gasteiger partial charge in [-0.15, -0.1) is 0 Å². The molecule has 2 heteroatoms. The number of likely N-dealkylation sites (tertiary alicyclic amines) is 1. The Hall–Kier alpha value is -0.860. The largest absolute Gasteiger partial charge is 0.303 e. The van der Waals surface area contributed by atoms with E-state index in [-0.39, 0.29) is 0 Å². The fraction of sp³-hybridized carbons (Fsp3) is 0.727. The molecule has 1 fully saturated rings. The highest BCUT2D eigenvalue weighted by atomic mass is 15.2. The third kappa shape index (κ3) is 4.40. The minimum absolute atomic E-state index is 0.646. The lowest BCUT2D eigenvalue weighted by Crippen LogP contribution is -2.45. The molecular formula is C22H36N2. The average molecular weight is 329 g/mol. The van der Waals surface area contributed by atoms with Crippen molar-refractivity contribution < 1.29 is 0 Å². The van der Waals surface area contributed by atoms with E-state index in [2.05, 4.69) is 55.0 Å². The Labute approximate surface area is 149 Å². The number of fused-ring (bicyclic) bond motifs is 1. The second kappa shape index (κ2) is 8.49. The van der Waals surface area contributed by atoms with E-state index in [4.69, 9.17) is 0 Å². The number of nitrogens with zero attached hydrogens (tertiary/aromatic N) is 2. The maximum Gasteiger partial charge on any atom is 0.0350 e. The monoisotopic (exact) mass is 328 g/mol. The van der Waals surface area contributed by atoms with E-state index in [1.165, 1.54) is 64.6 Å². The first-order valence-corrected chi connectivity index (χ1v) is 10.2. The molecule has 0 amide bonds. The Kier molecular flexibility index (Phi) is 6.35. The number of rotatable bonds is 6. The third-order valence-electron chi connectivity index (χ3n) is 6.22. The topological polar surface area (TPSA) is 6.48 Å². The van der Waals surface area contributed by atoms with Crippen molar-refractivity contribution in [3.63, 3.8) is 0 Å². The molecule has 0 bridgehead atoms. The molecule has 1 atom stereocenters. The Morgan fingerprint density at radius 3 is 2.62 bits per heavy atom. The van der Waals surface area contributed by atoms with Crippen LogP contribution in [0, 0.1) is 5.92 Å². The number of benzene rings is 1. The molecule has 24 heavy (non-hydrogen) atoms. The van der Waals surface area contributed by atoms with Gasteiger partial charge in [0.1, 0.15) is 0 Å². The average Bonchev–Trinajstić information content (AvgIpc) is 2.61. The van der Waals surface area contributed by atoms with Gasteiger partial charge in [0.25, 0.3) is 0 Å². The second-order valence-electron chi connectivity index (χ2n) is 8.38. The van der Waals surface area contributed by atoms with Gasteiger partial charge in [-0.1, -0.05) is 38.1 Å². The summed E-state index contributed by atoms with van der Waals surface area (Å²) in [7, 11) is 2.38. The van der Waals surface area contributed by atoms with Crippen LogP contribution in [0.2, 0.25) is 0 Å². The van der Waals surface area contributed by atoms with Gasteiger partial charge in [-0.2, -0.15) is 0 Å². The fourth-order valence-corrected chi connectivity index (χ4v) is 4.68. The van der Waals surface area contributed by atoms with Gasteiger partial charge in [-0.05, 0) is 88.7 Å². The lowest BCUT2D eigenvalue weighted by Gasteiger charge is -2.42. The molecule has 1 aromatic carbocycles. The number of hydrogen-bond donors (Lipinski definition) is 0. The van der Waals surface area contributed by atoms with E-state index in [1.54, 1.807) is 11.1 Å². The summed E-state index contributed by atoms with van der Waals surface area (Å²) in [5.41, 5.74) is 3.19. The van der Waals surface area contributed by atoms with E-state index in [0.29, 0.717) is 6.04 Å². The van der Waals surface area contributed by atoms with Gasteiger partial charge in [0.15, 0.2) is 0 Å². The van der Waals surface area contributed by atoms with Crippen LogP contribution in [-0.2, 0) is 6.42 Å². The van der Waals surface area contributed by atoms with Gasteiger partial charge in [0, 0.05) is 12.1 Å². The van der Waals surface area contributed by atoms with Crippen molar-refractivity contribution in [2.45, 2.75) is 70.9 Å². The Morgan fingerprint density at radius 2 is 1.88 bits per heavy atom. The molecule has 2 aliphatic rings. The summed E-state index contributed by atoms with van der Waals surface area (Å²) in [6.45, 7) is 8.57. The van der Waals surface area contributed by atoms with E-state index >= 15 is 0 Å². The molecule has 3 rings (SSSR count). The molecule has 1 aromatic rings. The highest BCUT2D eigenvalue weighted by molar-refractivity contribution is 5.32. The van der Waals surface area contributed by atoms with Crippen LogP contribution in [0.5, 0.6) is 0 Å².